The van der Waals surface area contributed by atoms with Gasteiger partial charge in [0.15, 0.2) is 0 Å². The van der Waals surface area contributed by atoms with Gasteiger partial charge in [-0.15, -0.1) is 0 Å². The van der Waals surface area contributed by atoms with Gasteiger partial charge in [-0.05, 0) is 39.7 Å². The summed E-state index contributed by atoms with van der Waals surface area (Å²) in [6.45, 7) is 8.00. The van der Waals surface area contributed by atoms with E-state index in [1.165, 1.54) is 0 Å². The number of amidine groups is 1. The summed E-state index contributed by atoms with van der Waals surface area (Å²) in [5.41, 5.74) is 2.66. The number of carbonyl (C=O) groups excluding carboxylic acids is 3. The molecule has 1 aromatic rings. The van der Waals surface area contributed by atoms with Crippen LogP contribution in [0.5, 0.6) is 0 Å². The van der Waals surface area contributed by atoms with Crippen molar-refractivity contribution in [2.75, 3.05) is 19.8 Å². The fraction of sp³-hybridized carbons (Fsp3) is 0.565. The Morgan fingerprint density at radius 3 is 2.61 bits per heavy atom. The number of carbonyl (C=O) groups is 3. The van der Waals surface area contributed by atoms with Gasteiger partial charge in [0.05, 0.1) is 25.7 Å². The number of amides is 2. The highest BCUT2D eigenvalue weighted by atomic mass is 16.6. The molecule has 0 aromatic heterocycles. The number of benzene rings is 1. The maximum absolute atomic E-state index is 12.8. The first-order valence-corrected chi connectivity index (χ1v) is 11.1. The first kappa shape index (κ1) is 26.1. The molecule has 2 atom stereocenters. The molecule has 2 rings (SSSR count). The van der Waals surface area contributed by atoms with E-state index in [2.05, 4.69) is 21.2 Å². The third-order valence-electron chi connectivity index (χ3n) is 4.59. The normalized spacial score (nSPS) is 18.1. The van der Waals surface area contributed by atoms with Gasteiger partial charge in [0.1, 0.15) is 17.5 Å². The SMILES string of the molecule is CCOC(=O)C1CCN/C(=N\NC(=O)[C@@H](COCc2ccccc2)NC(=O)OC(C)(C)C)C1. The Morgan fingerprint density at radius 2 is 1.94 bits per heavy atom. The molecule has 1 heterocycles. The predicted molar refractivity (Wildman–Crippen MR) is 122 cm³/mol. The summed E-state index contributed by atoms with van der Waals surface area (Å²) in [5, 5.41) is 9.69. The molecule has 10 heteroatoms. The number of nitrogens with zero attached hydrogens (tertiary/aromatic N) is 1. The number of esters is 1. The van der Waals surface area contributed by atoms with Gasteiger partial charge < -0.3 is 24.8 Å². The van der Waals surface area contributed by atoms with Gasteiger partial charge >= 0.3 is 12.1 Å². The van der Waals surface area contributed by atoms with E-state index < -0.39 is 23.6 Å². The standard InChI is InChI=1S/C23H34N4O6/c1-5-32-21(29)17-11-12-24-19(13-17)26-27-20(28)18(25-22(30)33-23(2,3)4)15-31-14-16-9-7-6-8-10-16/h6-10,17-18H,5,11-15H2,1-4H3,(H,24,26)(H,25,30)(H,27,28)/t17?,18-/m1/s1. The summed E-state index contributed by atoms with van der Waals surface area (Å²) in [4.78, 5) is 37.0. The molecule has 0 aliphatic carbocycles. The van der Waals surface area contributed by atoms with Crippen LogP contribution in [0.15, 0.2) is 35.4 Å². The number of nitrogens with one attached hydrogen (secondary N) is 3. The van der Waals surface area contributed by atoms with Crippen LogP contribution < -0.4 is 16.1 Å². The van der Waals surface area contributed by atoms with Crippen molar-refractivity contribution in [3.8, 4) is 0 Å². The Balaban J connectivity index is 1.98. The molecular formula is C23H34N4O6. The molecule has 3 N–H and O–H groups in total. The zero-order valence-corrected chi connectivity index (χ0v) is 19.7. The molecule has 2 amide bonds. The van der Waals surface area contributed by atoms with Crippen molar-refractivity contribution in [1.82, 2.24) is 16.1 Å². The lowest BCUT2D eigenvalue weighted by Gasteiger charge is -2.24. The molecule has 0 spiro atoms. The van der Waals surface area contributed by atoms with Crippen LogP contribution in [-0.4, -0.2) is 55.2 Å². The first-order valence-electron chi connectivity index (χ1n) is 11.1. The van der Waals surface area contributed by atoms with Crippen LogP contribution in [-0.2, 0) is 30.4 Å². The number of rotatable bonds is 9. The van der Waals surface area contributed by atoms with E-state index in [4.69, 9.17) is 14.2 Å². The molecule has 0 saturated carbocycles. The Hall–Kier alpha value is -3.14. The van der Waals surface area contributed by atoms with Crippen LogP contribution in [0.3, 0.4) is 0 Å². The minimum absolute atomic E-state index is 0.0797. The zero-order chi connectivity index (χ0) is 24.3. The fourth-order valence-electron chi connectivity index (χ4n) is 3.05. The molecule has 182 valence electrons. The number of hydrazone groups is 1. The minimum atomic E-state index is -1.03. The number of piperidine rings is 1. The van der Waals surface area contributed by atoms with Crippen LogP contribution in [0.1, 0.15) is 46.1 Å². The van der Waals surface area contributed by atoms with E-state index in [0.29, 0.717) is 31.8 Å². The Labute approximate surface area is 194 Å². The van der Waals surface area contributed by atoms with E-state index in [9.17, 15) is 14.4 Å². The second-order valence-corrected chi connectivity index (χ2v) is 8.60. The van der Waals surface area contributed by atoms with E-state index >= 15 is 0 Å². The molecule has 10 nitrogen and oxygen atoms in total. The van der Waals surface area contributed by atoms with Crippen molar-refractivity contribution in [2.45, 2.75) is 58.8 Å². The van der Waals surface area contributed by atoms with Gasteiger partial charge in [0.25, 0.3) is 5.91 Å². The highest BCUT2D eigenvalue weighted by molar-refractivity contribution is 5.90. The monoisotopic (exact) mass is 462 g/mol. The quantitative estimate of drug-likeness (QED) is 0.379. The highest BCUT2D eigenvalue weighted by Gasteiger charge is 2.27. The third-order valence-corrected chi connectivity index (χ3v) is 4.59. The molecule has 1 aliphatic rings. The molecule has 1 aromatic carbocycles. The summed E-state index contributed by atoms with van der Waals surface area (Å²) in [6.07, 6.45) is 0.215. The average molecular weight is 463 g/mol. The van der Waals surface area contributed by atoms with E-state index in [0.717, 1.165) is 5.56 Å². The molecule has 1 fully saturated rings. The lowest BCUT2D eigenvalue weighted by atomic mass is 9.97. The molecule has 33 heavy (non-hydrogen) atoms. The maximum atomic E-state index is 12.8. The Bertz CT molecular complexity index is 822. The van der Waals surface area contributed by atoms with Gasteiger partial charge in [0, 0.05) is 13.0 Å². The zero-order valence-electron chi connectivity index (χ0n) is 19.7. The summed E-state index contributed by atoms with van der Waals surface area (Å²) < 4.78 is 16.0. The van der Waals surface area contributed by atoms with Crippen molar-refractivity contribution in [2.24, 2.45) is 11.0 Å². The van der Waals surface area contributed by atoms with Crippen LogP contribution in [0, 0.1) is 5.92 Å². The number of alkyl carbamates (subject to hydrolysis) is 1. The Kier molecular flexibility index (Phi) is 10.1. The van der Waals surface area contributed by atoms with E-state index in [-0.39, 0.29) is 25.1 Å². The van der Waals surface area contributed by atoms with Crippen LogP contribution in [0.4, 0.5) is 4.79 Å². The second-order valence-electron chi connectivity index (χ2n) is 8.60. The summed E-state index contributed by atoms with van der Waals surface area (Å²) >= 11 is 0. The van der Waals surface area contributed by atoms with Gasteiger partial charge in [0.2, 0.25) is 0 Å². The number of ether oxygens (including phenoxy) is 3. The van der Waals surface area contributed by atoms with Gasteiger partial charge in [-0.2, -0.15) is 5.10 Å². The molecule has 1 unspecified atom stereocenters. The molecule has 0 bridgehead atoms. The number of hydrogen-bond acceptors (Lipinski definition) is 7. The van der Waals surface area contributed by atoms with Gasteiger partial charge in [-0.25, -0.2) is 10.2 Å². The maximum Gasteiger partial charge on any atom is 0.408 e. The predicted octanol–water partition coefficient (Wildman–Crippen LogP) is 2.09. The van der Waals surface area contributed by atoms with Crippen molar-refractivity contribution in [1.29, 1.82) is 0 Å². The van der Waals surface area contributed by atoms with Crippen molar-refractivity contribution in [3.63, 3.8) is 0 Å². The van der Waals surface area contributed by atoms with E-state index in [1.807, 2.05) is 30.3 Å². The topological polar surface area (TPSA) is 127 Å². The Morgan fingerprint density at radius 1 is 1.21 bits per heavy atom. The highest BCUT2D eigenvalue weighted by Crippen LogP contribution is 2.15. The minimum Gasteiger partial charge on any atom is -0.466 e. The second kappa shape index (κ2) is 12.8. The van der Waals surface area contributed by atoms with Crippen LogP contribution >= 0.6 is 0 Å². The smallest absolute Gasteiger partial charge is 0.408 e. The average Bonchev–Trinajstić information content (AvgIpc) is 2.76. The summed E-state index contributed by atoms with van der Waals surface area (Å²) in [5.74, 6) is -0.695. The lowest BCUT2D eigenvalue weighted by Crippen LogP contribution is -2.50. The summed E-state index contributed by atoms with van der Waals surface area (Å²) in [6, 6.07) is 8.44. The number of hydrogen-bond donors (Lipinski definition) is 3. The summed E-state index contributed by atoms with van der Waals surface area (Å²) in [7, 11) is 0. The third kappa shape index (κ3) is 9.90. The van der Waals surface area contributed by atoms with Crippen LogP contribution in [0.2, 0.25) is 0 Å². The van der Waals surface area contributed by atoms with Crippen LogP contribution in [0.25, 0.3) is 0 Å². The fourth-order valence-corrected chi connectivity index (χ4v) is 3.05. The van der Waals surface area contributed by atoms with Gasteiger partial charge in [-0.1, -0.05) is 30.3 Å². The largest absolute Gasteiger partial charge is 0.466 e. The molecular weight excluding hydrogens is 428 g/mol. The molecule has 1 aliphatic heterocycles. The molecule has 1 saturated heterocycles. The molecule has 0 radical (unpaired) electrons. The van der Waals surface area contributed by atoms with Crippen molar-refractivity contribution < 1.29 is 28.6 Å². The van der Waals surface area contributed by atoms with Gasteiger partial charge in [-0.3, -0.25) is 9.59 Å². The lowest BCUT2D eigenvalue weighted by molar-refractivity contribution is -0.148. The van der Waals surface area contributed by atoms with Crippen molar-refractivity contribution in [3.05, 3.63) is 35.9 Å². The van der Waals surface area contributed by atoms with E-state index in [1.54, 1.807) is 27.7 Å². The first-order chi connectivity index (χ1) is 15.7. The van der Waals surface area contributed by atoms with Crippen molar-refractivity contribution >= 4 is 23.8 Å².